The Balaban J connectivity index is 2.58. The summed E-state index contributed by atoms with van der Waals surface area (Å²) in [6.45, 7) is 4.25. The first-order valence-corrected chi connectivity index (χ1v) is 7.64. The molecular formula is C13H25N3O2S. The second-order valence-electron chi connectivity index (χ2n) is 5.79. The zero-order valence-corrected chi connectivity index (χ0v) is 13.0. The fourth-order valence-electron chi connectivity index (χ4n) is 2.68. The molecule has 0 saturated carbocycles. The summed E-state index contributed by atoms with van der Waals surface area (Å²) in [5.74, 6) is 0.908. The predicted octanol–water partition coefficient (Wildman–Crippen LogP) is 0.438. The Morgan fingerprint density at radius 3 is 2.79 bits per heavy atom. The maximum atomic E-state index is 12.0. The molecule has 1 heterocycles. The lowest BCUT2D eigenvalue weighted by Gasteiger charge is -2.29. The molecule has 110 valence electrons. The molecule has 0 spiro atoms. The molecule has 0 aromatic carbocycles. The fraction of sp³-hybridized carbons (Fsp3) is 0.846. The van der Waals surface area contributed by atoms with Crippen molar-refractivity contribution < 1.29 is 9.59 Å². The summed E-state index contributed by atoms with van der Waals surface area (Å²) in [6.07, 6.45) is 2.43. The number of rotatable bonds is 6. The lowest BCUT2D eigenvalue weighted by molar-refractivity contribution is -0.127. The molecule has 0 radical (unpaired) electrons. The minimum atomic E-state index is -0.373. The van der Waals surface area contributed by atoms with E-state index in [0.29, 0.717) is 11.8 Å². The number of nitrogens with two attached hydrogens (primary N) is 1. The molecule has 19 heavy (non-hydrogen) atoms. The average molecular weight is 287 g/mol. The molecule has 2 unspecified atom stereocenters. The Morgan fingerprint density at radius 1 is 1.63 bits per heavy atom. The van der Waals surface area contributed by atoms with Crippen LogP contribution in [-0.4, -0.2) is 54.4 Å². The zero-order chi connectivity index (χ0) is 14.6. The molecule has 0 aromatic rings. The summed E-state index contributed by atoms with van der Waals surface area (Å²) < 4.78 is 0. The Kier molecular flexibility index (Phi) is 5.82. The second kappa shape index (κ2) is 6.72. The van der Waals surface area contributed by atoms with Crippen molar-refractivity contribution in [1.82, 2.24) is 10.2 Å². The van der Waals surface area contributed by atoms with Gasteiger partial charge in [-0.1, -0.05) is 13.8 Å². The third-order valence-electron chi connectivity index (χ3n) is 3.73. The Bertz CT molecular complexity index is 336. The van der Waals surface area contributed by atoms with Crippen LogP contribution < -0.4 is 11.1 Å². The van der Waals surface area contributed by atoms with E-state index in [4.69, 9.17) is 5.73 Å². The normalized spacial score (nSPS) is 28.1. The molecule has 1 rings (SSSR count). The van der Waals surface area contributed by atoms with Crippen molar-refractivity contribution in [2.45, 2.75) is 44.1 Å². The van der Waals surface area contributed by atoms with Crippen molar-refractivity contribution in [3.05, 3.63) is 0 Å². The van der Waals surface area contributed by atoms with Gasteiger partial charge in [0.05, 0.1) is 17.5 Å². The van der Waals surface area contributed by atoms with E-state index in [1.165, 1.54) is 0 Å². The van der Waals surface area contributed by atoms with Crippen molar-refractivity contribution in [3.63, 3.8) is 0 Å². The molecule has 1 aliphatic heterocycles. The molecule has 0 aliphatic carbocycles. The molecule has 0 aromatic heterocycles. The highest BCUT2D eigenvalue weighted by Gasteiger charge is 2.48. The van der Waals surface area contributed by atoms with Crippen LogP contribution >= 0.6 is 11.8 Å². The van der Waals surface area contributed by atoms with E-state index in [0.717, 1.165) is 18.5 Å². The highest BCUT2D eigenvalue weighted by atomic mass is 32.2. The monoisotopic (exact) mass is 287 g/mol. The summed E-state index contributed by atoms with van der Waals surface area (Å²) in [6, 6.07) is -0.475. The highest BCUT2D eigenvalue weighted by molar-refractivity contribution is 7.99. The van der Waals surface area contributed by atoms with Gasteiger partial charge in [-0.2, -0.15) is 0 Å². The fourth-order valence-corrected chi connectivity index (χ4v) is 4.27. The molecule has 1 saturated heterocycles. The van der Waals surface area contributed by atoms with Crippen LogP contribution in [0.5, 0.6) is 0 Å². The molecule has 1 fully saturated rings. The van der Waals surface area contributed by atoms with Gasteiger partial charge in [-0.3, -0.25) is 9.69 Å². The van der Waals surface area contributed by atoms with Gasteiger partial charge in [0.2, 0.25) is 5.91 Å². The number of aldehydes is 1. The van der Waals surface area contributed by atoms with Crippen molar-refractivity contribution >= 4 is 24.0 Å². The summed E-state index contributed by atoms with van der Waals surface area (Å²) in [7, 11) is 3.67. The Hall–Kier alpha value is -0.590. The van der Waals surface area contributed by atoms with Gasteiger partial charge >= 0.3 is 0 Å². The van der Waals surface area contributed by atoms with Gasteiger partial charge in [0.1, 0.15) is 6.29 Å². The SMILES string of the molecule is CNC(=O)[C@H]1N(C)C(SCCC(N)C=O)CC1(C)C. The minimum Gasteiger partial charge on any atom is -0.358 e. The molecule has 0 bridgehead atoms. The summed E-state index contributed by atoms with van der Waals surface area (Å²) in [5.41, 5.74) is 5.54. The Morgan fingerprint density at radius 2 is 2.26 bits per heavy atom. The van der Waals surface area contributed by atoms with E-state index in [-0.39, 0.29) is 23.4 Å². The summed E-state index contributed by atoms with van der Waals surface area (Å²) >= 11 is 1.78. The van der Waals surface area contributed by atoms with E-state index in [1.807, 2.05) is 7.05 Å². The number of carbonyl (C=O) groups is 2. The van der Waals surface area contributed by atoms with E-state index in [1.54, 1.807) is 18.8 Å². The van der Waals surface area contributed by atoms with Gasteiger partial charge in [0, 0.05) is 7.05 Å². The number of likely N-dealkylation sites (N-methyl/N-ethyl adjacent to an activating group) is 2. The highest BCUT2D eigenvalue weighted by Crippen LogP contribution is 2.43. The molecule has 6 heteroatoms. The summed E-state index contributed by atoms with van der Waals surface area (Å²) in [5, 5.41) is 3.04. The van der Waals surface area contributed by atoms with Crippen LogP contribution in [0.25, 0.3) is 0 Å². The van der Waals surface area contributed by atoms with Crippen LogP contribution in [-0.2, 0) is 9.59 Å². The molecular weight excluding hydrogens is 262 g/mol. The zero-order valence-electron chi connectivity index (χ0n) is 12.2. The van der Waals surface area contributed by atoms with Crippen molar-refractivity contribution in [1.29, 1.82) is 0 Å². The van der Waals surface area contributed by atoms with Crippen LogP contribution in [0.4, 0.5) is 0 Å². The van der Waals surface area contributed by atoms with E-state index >= 15 is 0 Å². The number of nitrogens with one attached hydrogen (secondary N) is 1. The van der Waals surface area contributed by atoms with Crippen LogP contribution in [0.3, 0.4) is 0 Å². The lowest BCUT2D eigenvalue weighted by atomic mass is 9.84. The predicted molar refractivity (Wildman–Crippen MR) is 78.9 cm³/mol. The molecule has 1 aliphatic rings. The lowest BCUT2D eigenvalue weighted by Crippen LogP contribution is -2.47. The average Bonchev–Trinajstić information content (AvgIpc) is 2.58. The van der Waals surface area contributed by atoms with E-state index in [9.17, 15) is 9.59 Å². The largest absolute Gasteiger partial charge is 0.358 e. The number of thioether (sulfide) groups is 1. The van der Waals surface area contributed by atoms with Crippen molar-refractivity contribution in [3.8, 4) is 0 Å². The van der Waals surface area contributed by atoms with Crippen molar-refractivity contribution in [2.24, 2.45) is 11.1 Å². The van der Waals surface area contributed by atoms with Gasteiger partial charge in [-0.25, -0.2) is 0 Å². The van der Waals surface area contributed by atoms with Gasteiger partial charge in [0.25, 0.3) is 0 Å². The van der Waals surface area contributed by atoms with Crippen molar-refractivity contribution in [2.75, 3.05) is 19.8 Å². The Labute approximate surface area is 119 Å². The first-order valence-electron chi connectivity index (χ1n) is 6.59. The number of carbonyl (C=O) groups excluding carboxylic acids is 2. The number of likely N-dealkylation sites (tertiary alicyclic amines) is 1. The first-order chi connectivity index (χ1) is 8.83. The quantitative estimate of drug-likeness (QED) is 0.693. The molecule has 3 atom stereocenters. The number of hydrogen-bond donors (Lipinski definition) is 2. The van der Waals surface area contributed by atoms with Crippen LogP contribution in [0, 0.1) is 5.41 Å². The molecule has 1 amide bonds. The smallest absolute Gasteiger partial charge is 0.237 e. The van der Waals surface area contributed by atoms with Gasteiger partial charge in [-0.05, 0) is 31.1 Å². The minimum absolute atomic E-state index is 0.0424. The van der Waals surface area contributed by atoms with Crippen LogP contribution in [0.2, 0.25) is 0 Å². The summed E-state index contributed by atoms with van der Waals surface area (Å²) in [4.78, 5) is 24.6. The third-order valence-corrected chi connectivity index (χ3v) is 5.09. The molecule has 3 N–H and O–H groups in total. The van der Waals surface area contributed by atoms with Gasteiger partial charge in [0.15, 0.2) is 0 Å². The second-order valence-corrected chi connectivity index (χ2v) is 7.07. The third kappa shape index (κ3) is 3.94. The first kappa shape index (κ1) is 16.5. The standard InChI is InChI=1S/C13H25N3O2S/c1-13(2)7-10(19-6-5-9(14)8-17)16(4)11(13)12(18)15-3/h8-11H,5-7,14H2,1-4H3,(H,15,18)/t9?,10?,11-/m1/s1. The maximum absolute atomic E-state index is 12.0. The number of hydrogen-bond acceptors (Lipinski definition) is 5. The maximum Gasteiger partial charge on any atom is 0.237 e. The topological polar surface area (TPSA) is 75.4 Å². The number of amides is 1. The van der Waals surface area contributed by atoms with Gasteiger partial charge in [-0.15, -0.1) is 11.8 Å². The molecule has 5 nitrogen and oxygen atoms in total. The van der Waals surface area contributed by atoms with Crippen LogP contribution in [0.15, 0.2) is 0 Å². The van der Waals surface area contributed by atoms with E-state index in [2.05, 4.69) is 24.1 Å². The van der Waals surface area contributed by atoms with Crippen LogP contribution in [0.1, 0.15) is 26.7 Å². The number of nitrogens with zero attached hydrogens (tertiary/aromatic N) is 1. The van der Waals surface area contributed by atoms with E-state index < -0.39 is 0 Å². The van der Waals surface area contributed by atoms with Gasteiger partial charge < -0.3 is 15.8 Å².